The van der Waals surface area contributed by atoms with E-state index in [0.717, 1.165) is 17.9 Å². The molecule has 20 heavy (non-hydrogen) atoms. The Bertz CT molecular complexity index is 440. The van der Waals surface area contributed by atoms with Crippen molar-refractivity contribution < 1.29 is 19.3 Å². The van der Waals surface area contributed by atoms with Crippen LogP contribution in [-0.2, 0) is 4.74 Å². The van der Waals surface area contributed by atoms with Crippen LogP contribution in [0.15, 0.2) is 18.2 Å². The Labute approximate surface area is 119 Å². The van der Waals surface area contributed by atoms with Crippen LogP contribution in [0.3, 0.4) is 0 Å². The smallest absolute Gasteiger partial charge is 0.231 e. The van der Waals surface area contributed by atoms with Crippen LogP contribution in [0.1, 0.15) is 43.8 Å². The topological polar surface area (TPSA) is 47.9 Å². The number of hydrogen-bond donors (Lipinski definition) is 1. The Balaban J connectivity index is 1.47. The average molecular weight is 278 g/mol. The summed E-state index contributed by atoms with van der Waals surface area (Å²) in [6, 6.07) is 5.53. The van der Waals surface area contributed by atoms with Gasteiger partial charge in [0.25, 0.3) is 0 Å². The lowest BCUT2D eigenvalue weighted by molar-refractivity contribution is 0.0146. The van der Waals surface area contributed by atoms with E-state index in [1.165, 1.54) is 32.1 Å². The summed E-state index contributed by atoms with van der Waals surface area (Å²) in [5.41, 5.74) is 0.817. The molecular formula is C16H22O4. The summed E-state index contributed by atoms with van der Waals surface area (Å²) in [4.78, 5) is 0. The first-order valence-electron chi connectivity index (χ1n) is 7.48. The zero-order valence-corrected chi connectivity index (χ0v) is 11.7. The van der Waals surface area contributed by atoms with Crippen LogP contribution in [0.2, 0.25) is 0 Å². The second-order valence-corrected chi connectivity index (χ2v) is 5.67. The molecule has 0 spiro atoms. The molecule has 2 aliphatic rings. The van der Waals surface area contributed by atoms with Gasteiger partial charge in [-0.3, -0.25) is 0 Å². The number of ether oxygens (including phenoxy) is 3. The third kappa shape index (κ3) is 3.25. The lowest BCUT2D eigenvalue weighted by Crippen LogP contribution is -2.16. The lowest BCUT2D eigenvalue weighted by atomic mass is 9.90. The summed E-state index contributed by atoms with van der Waals surface area (Å²) in [5, 5.41) is 10.2. The number of aliphatic hydroxyl groups excluding tert-OH is 1. The van der Waals surface area contributed by atoms with E-state index in [4.69, 9.17) is 14.2 Å². The van der Waals surface area contributed by atoms with E-state index in [9.17, 15) is 5.11 Å². The number of rotatable bonds is 5. The molecule has 1 aromatic carbocycles. The normalized spacial score (nSPS) is 20.1. The van der Waals surface area contributed by atoms with Gasteiger partial charge in [0, 0.05) is 6.61 Å². The fourth-order valence-corrected chi connectivity index (χ4v) is 2.92. The molecule has 0 saturated heterocycles. The zero-order valence-electron chi connectivity index (χ0n) is 11.7. The van der Waals surface area contributed by atoms with Crippen molar-refractivity contribution in [1.29, 1.82) is 0 Å². The Hall–Kier alpha value is -1.26. The van der Waals surface area contributed by atoms with E-state index in [2.05, 4.69) is 0 Å². The van der Waals surface area contributed by atoms with E-state index in [0.29, 0.717) is 18.3 Å². The summed E-state index contributed by atoms with van der Waals surface area (Å²) < 4.78 is 16.3. The molecule has 1 N–H and O–H groups in total. The van der Waals surface area contributed by atoms with Crippen LogP contribution in [0.4, 0.5) is 0 Å². The van der Waals surface area contributed by atoms with E-state index in [1.807, 2.05) is 18.2 Å². The summed E-state index contributed by atoms with van der Waals surface area (Å²) >= 11 is 0. The van der Waals surface area contributed by atoms with Crippen LogP contribution in [-0.4, -0.2) is 25.1 Å². The molecule has 0 aromatic heterocycles. The van der Waals surface area contributed by atoms with Crippen molar-refractivity contribution in [3.63, 3.8) is 0 Å². The maximum absolute atomic E-state index is 10.2. The van der Waals surface area contributed by atoms with Gasteiger partial charge in [0.15, 0.2) is 11.5 Å². The molecule has 1 heterocycles. The molecule has 1 aliphatic carbocycles. The van der Waals surface area contributed by atoms with Crippen molar-refractivity contribution in [2.45, 2.75) is 38.2 Å². The van der Waals surface area contributed by atoms with Crippen molar-refractivity contribution >= 4 is 0 Å². The van der Waals surface area contributed by atoms with Crippen molar-refractivity contribution in [2.24, 2.45) is 5.92 Å². The predicted octanol–water partition coefficient (Wildman–Crippen LogP) is 3.05. The molecule has 0 radical (unpaired) electrons. The van der Waals surface area contributed by atoms with Gasteiger partial charge < -0.3 is 19.3 Å². The van der Waals surface area contributed by atoms with E-state index in [-0.39, 0.29) is 6.79 Å². The van der Waals surface area contributed by atoms with Crippen molar-refractivity contribution in [1.82, 2.24) is 0 Å². The highest BCUT2D eigenvalue weighted by atomic mass is 16.7. The molecule has 4 heteroatoms. The van der Waals surface area contributed by atoms with Gasteiger partial charge >= 0.3 is 0 Å². The Morgan fingerprint density at radius 2 is 1.95 bits per heavy atom. The summed E-state index contributed by atoms with van der Waals surface area (Å²) in [5.74, 6) is 2.12. The van der Waals surface area contributed by atoms with E-state index < -0.39 is 6.10 Å². The SMILES string of the molecule is OC(COCC1CCCCC1)c1ccc2c(c1)OCO2. The molecule has 1 saturated carbocycles. The third-order valence-electron chi connectivity index (χ3n) is 4.14. The minimum Gasteiger partial charge on any atom is -0.454 e. The fourth-order valence-electron chi connectivity index (χ4n) is 2.92. The summed E-state index contributed by atoms with van der Waals surface area (Å²) in [6.45, 7) is 1.37. The van der Waals surface area contributed by atoms with Crippen molar-refractivity contribution in [3.8, 4) is 11.5 Å². The van der Waals surface area contributed by atoms with Gasteiger partial charge in [0.1, 0.15) is 6.10 Å². The second-order valence-electron chi connectivity index (χ2n) is 5.67. The van der Waals surface area contributed by atoms with E-state index >= 15 is 0 Å². The molecule has 3 rings (SSSR count). The Morgan fingerprint density at radius 3 is 2.80 bits per heavy atom. The first-order chi connectivity index (χ1) is 9.83. The largest absolute Gasteiger partial charge is 0.454 e. The van der Waals surface area contributed by atoms with Gasteiger partial charge in [0.05, 0.1) is 6.61 Å². The zero-order chi connectivity index (χ0) is 13.8. The maximum Gasteiger partial charge on any atom is 0.231 e. The van der Waals surface area contributed by atoms with Crippen molar-refractivity contribution in [2.75, 3.05) is 20.0 Å². The van der Waals surface area contributed by atoms with Crippen LogP contribution in [0, 0.1) is 5.92 Å². The Morgan fingerprint density at radius 1 is 1.15 bits per heavy atom. The standard InChI is InChI=1S/C16H22O4/c17-14(10-18-9-12-4-2-1-3-5-12)13-6-7-15-16(8-13)20-11-19-15/h6-8,12,14,17H,1-5,9-11H2. The maximum atomic E-state index is 10.2. The minimum atomic E-state index is -0.604. The number of aliphatic hydroxyl groups is 1. The first-order valence-corrected chi connectivity index (χ1v) is 7.48. The predicted molar refractivity (Wildman–Crippen MR) is 74.9 cm³/mol. The van der Waals surface area contributed by atoms with Gasteiger partial charge in [-0.25, -0.2) is 0 Å². The van der Waals surface area contributed by atoms with Crippen LogP contribution in [0.5, 0.6) is 11.5 Å². The molecular weight excluding hydrogens is 256 g/mol. The minimum absolute atomic E-state index is 0.257. The fraction of sp³-hybridized carbons (Fsp3) is 0.625. The van der Waals surface area contributed by atoms with Gasteiger partial charge in [-0.1, -0.05) is 25.3 Å². The molecule has 0 bridgehead atoms. The van der Waals surface area contributed by atoms with Crippen LogP contribution < -0.4 is 9.47 Å². The second kappa shape index (κ2) is 6.46. The summed E-state index contributed by atoms with van der Waals surface area (Å²) in [6.07, 6.45) is 5.92. The van der Waals surface area contributed by atoms with Crippen LogP contribution >= 0.6 is 0 Å². The third-order valence-corrected chi connectivity index (χ3v) is 4.14. The number of benzene rings is 1. The first kappa shape index (κ1) is 13.7. The highest BCUT2D eigenvalue weighted by molar-refractivity contribution is 5.45. The van der Waals surface area contributed by atoms with E-state index in [1.54, 1.807) is 0 Å². The highest BCUT2D eigenvalue weighted by Crippen LogP contribution is 2.34. The van der Waals surface area contributed by atoms with Crippen LogP contribution in [0.25, 0.3) is 0 Å². The molecule has 1 atom stereocenters. The molecule has 110 valence electrons. The average Bonchev–Trinajstić information content (AvgIpc) is 2.95. The Kier molecular flexibility index (Phi) is 4.43. The van der Waals surface area contributed by atoms with Gasteiger partial charge in [-0.05, 0) is 36.5 Å². The highest BCUT2D eigenvalue weighted by Gasteiger charge is 2.18. The lowest BCUT2D eigenvalue weighted by Gasteiger charge is -2.22. The van der Waals surface area contributed by atoms with Gasteiger partial charge in [-0.15, -0.1) is 0 Å². The van der Waals surface area contributed by atoms with Gasteiger partial charge in [0.2, 0.25) is 6.79 Å². The quantitative estimate of drug-likeness (QED) is 0.899. The molecule has 1 aromatic rings. The number of hydrogen-bond acceptors (Lipinski definition) is 4. The van der Waals surface area contributed by atoms with Gasteiger partial charge in [-0.2, -0.15) is 0 Å². The monoisotopic (exact) mass is 278 g/mol. The molecule has 1 aliphatic heterocycles. The molecule has 0 amide bonds. The number of fused-ring (bicyclic) bond motifs is 1. The molecule has 4 nitrogen and oxygen atoms in total. The molecule has 1 fully saturated rings. The van der Waals surface area contributed by atoms with Crippen molar-refractivity contribution in [3.05, 3.63) is 23.8 Å². The molecule has 1 unspecified atom stereocenters. The summed E-state index contributed by atoms with van der Waals surface area (Å²) in [7, 11) is 0.